The monoisotopic (exact) mass is 437 g/mol. The number of carboxylic acid groups (broad SMARTS) is 1. The Balaban J connectivity index is 0.00000256. The fourth-order valence-corrected chi connectivity index (χ4v) is 4.98. The highest BCUT2D eigenvalue weighted by atomic mass is 35.5. The SMILES string of the molecule is CC[C@H](NC)[C@@H]1CCN(c2c(F)cn3c(=O)c(C(=O)O)cc(C4CC4)c3c2C)C1.Cl. The van der Waals surface area contributed by atoms with E-state index in [0.29, 0.717) is 23.2 Å². The third-order valence-corrected chi connectivity index (χ3v) is 6.61. The van der Waals surface area contributed by atoms with E-state index < -0.39 is 17.3 Å². The Kier molecular flexibility index (Phi) is 6.43. The molecule has 2 N–H and O–H groups in total. The topological polar surface area (TPSA) is 74.0 Å². The van der Waals surface area contributed by atoms with Crippen LogP contribution in [0.4, 0.5) is 10.1 Å². The van der Waals surface area contributed by atoms with Crippen LogP contribution in [0.2, 0.25) is 0 Å². The highest BCUT2D eigenvalue weighted by Crippen LogP contribution is 2.44. The minimum absolute atomic E-state index is 0. The number of halogens is 2. The number of nitrogens with one attached hydrogen (secondary N) is 1. The number of pyridine rings is 2. The summed E-state index contributed by atoms with van der Waals surface area (Å²) in [6, 6.07) is 1.90. The number of fused-ring (bicyclic) bond motifs is 1. The first-order valence-corrected chi connectivity index (χ1v) is 10.4. The second-order valence-electron chi connectivity index (χ2n) is 8.37. The van der Waals surface area contributed by atoms with Crippen molar-refractivity contribution in [3.63, 3.8) is 0 Å². The molecule has 8 heteroatoms. The zero-order valence-electron chi connectivity index (χ0n) is 17.6. The summed E-state index contributed by atoms with van der Waals surface area (Å²) in [4.78, 5) is 26.3. The minimum Gasteiger partial charge on any atom is -0.477 e. The van der Waals surface area contributed by atoms with Gasteiger partial charge in [0.15, 0.2) is 5.82 Å². The summed E-state index contributed by atoms with van der Waals surface area (Å²) >= 11 is 0. The van der Waals surface area contributed by atoms with E-state index in [-0.39, 0.29) is 23.9 Å². The first kappa shape index (κ1) is 22.6. The molecule has 30 heavy (non-hydrogen) atoms. The molecule has 6 nitrogen and oxygen atoms in total. The Bertz CT molecular complexity index is 1030. The maximum absolute atomic E-state index is 15.2. The van der Waals surface area contributed by atoms with E-state index in [4.69, 9.17) is 0 Å². The van der Waals surface area contributed by atoms with Crippen LogP contribution in [0.15, 0.2) is 17.1 Å². The summed E-state index contributed by atoms with van der Waals surface area (Å²) in [5.74, 6) is -1.06. The molecule has 4 rings (SSSR count). The van der Waals surface area contributed by atoms with Gasteiger partial charge in [-0.25, -0.2) is 9.18 Å². The van der Waals surface area contributed by atoms with Crippen molar-refractivity contribution >= 4 is 29.6 Å². The van der Waals surface area contributed by atoms with E-state index in [2.05, 4.69) is 17.1 Å². The predicted octanol–water partition coefficient (Wildman–Crippen LogP) is 3.57. The molecule has 0 aromatic carbocycles. The lowest BCUT2D eigenvalue weighted by atomic mass is 9.97. The lowest BCUT2D eigenvalue weighted by Crippen LogP contribution is -2.35. The lowest BCUT2D eigenvalue weighted by Gasteiger charge is -2.26. The number of nitrogens with zero attached hydrogens (tertiary/aromatic N) is 2. The van der Waals surface area contributed by atoms with Crippen molar-refractivity contribution < 1.29 is 14.3 Å². The van der Waals surface area contributed by atoms with Gasteiger partial charge in [-0.3, -0.25) is 9.20 Å². The summed E-state index contributed by atoms with van der Waals surface area (Å²) in [5.41, 5.74) is 1.81. The number of aryl methyl sites for hydroxylation is 1. The number of carbonyl (C=O) groups is 1. The molecule has 2 aromatic rings. The van der Waals surface area contributed by atoms with Crippen LogP contribution in [0.1, 0.15) is 60.0 Å². The minimum atomic E-state index is -1.27. The van der Waals surface area contributed by atoms with Crippen molar-refractivity contribution in [1.82, 2.24) is 9.72 Å². The van der Waals surface area contributed by atoms with Gasteiger partial charge in [-0.15, -0.1) is 12.4 Å². The zero-order valence-corrected chi connectivity index (χ0v) is 18.4. The number of aromatic nitrogens is 1. The molecule has 3 heterocycles. The van der Waals surface area contributed by atoms with Gasteiger partial charge in [-0.05, 0) is 68.7 Å². The molecule has 0 spiro atoms. The smallest absolute Gasteiger partial charge is 0.341 e. The molecule has 2 aromatic heterocycles. The number of rotatable bonds is 6. The predicted molar refractivity (Wildman–Crippen MR) is 118 cm³/mol. The largest absolute Gasteiger partial charge is 0.477 e. The van der Waals surface area contributed by atoms with Crippen LogP contribution in [0.5, 0.6) is 0 Å². The van der Waals surface area contributed by atoms with Crippen LogP contribution in [0, 0.1) is 18.7 Å². The number of hydrogen-bond acceptors (Lipinski definition) is 4. The molecule has 2 aliphatic rings. The summed E-state index contributed by atoms with van der Waals surface area (Å²) in [7, 11) is 1.97. The molecule has 0 radical (unpaired) electrons. The average molecular weight is 438 g/mol. The van der Waals surface area contributed by atoms with Crippen molar-refractivity contribution in [3.05, 3.63) is 45.1 Å². The molecule has 2 fully saturated rings. The molecule has 0 bridgehead atoms. The first-order chi connectivity index (χ1) is 13.9. The van der Waals surface area contributed by atoms with Gasteiger partial charge in [0, 0.05) is 19.1 Å². The molecule has 164 valence electrons. The van der Waals surface area contributed by atoms with Crippen LogP contribution in [-0.4, -0.2) is 41.7 Å². The quantitative estimate of drug-likeness (QED) is 0.722. The number of carboxylic acids is 1. The van der Waals surface area contributed by atoms with Crippen molar-refractivity contribution in [1.29, 1.82) is 0 Å². The zero-order chi connectivity index (χ0) is 20.9. The Morgan fingerprint density at radius 3 is 2.63 bits per heavy atom. The van der Waals surface area contributed by atoms with E-state index in [0.717, 1.165) is 49.9 Å². The average Bonchev–Trinajstić information content (AvgIpc) is 3.42. The third-order valence-electron chi connectivity index (χ3n) is 6.61. The Morgan fingerprint density at radius 1 is 1.37 bits per heavy atom. The van der Waals surface area contributed by atoms with Gasteiger partial charge in [0.05, 0.1) is 17.4 Å². The van der Waals surface area contributed by atoms with Crippen molar-refractivity contribution in [2.24, 2.45) is 5.92 Å². The van der Waals surface area contributed by atoms with Gasteiger partial charge >= 0.3 is 5.97 Å². The molecule has 1 aliphatic carbocycles. The fraction of sp³-hybridized carbons (Fsp3) is 0.545. The third kappa shape index (κ3) is 3.69. The fourth-order valence-electron chi connectivity index (χ4n) is 4.98. The van der Waals surface area contributed by atoms with E-state index in [9.17, 15) is 14.7 Å². The molecule has 2 atom stereocenters. The molecule has 1 saturated heterocycles. The molecule has 0 amide bonds. The lowest BCUT2D eigenvalue weighted by molar-refractivity contribution is 0.0694. The van der Waals surface area contributed by atoms with E-state index in [1.54, 1.807) is 0 Å². The van der Waals surface area contributed by atoms with E-state index >= 15 is 4.39 Å². The second-order valence-corrected chi connectivity index (χ2v) is 8.37. The van der Waals surface area contributed by atoms with Crippen molar-refractivity contribution in [2.75, 3.05) is 25.0 Å². The van der Waals surface area contributed by atoms with E-state index in [1.807, 2.05) is 14.0 Å². The number of anilines is 1. The molecular formula is C22H29ClFN3O3. The van der Waals surface area contributed by atoms with Crippen LogP contribution >= 0.6 is 12.4 Å². The van der Waals surface area contributed by atoms with Gasteiger partial charge in [0.2, 0.25) is 0 Å². The first-order valence-electron chi connectivity index (χ1n) is 10.4. The highest BCUT2D eigenvalue weighted by molar-refractivity contribution is 5.89. The highest BCUT2D eigenvalue weighted by Gasteiger charge is 2.33. The van der Waals surface area contributed by atoms with E-state index in [1.165, 1.54) is 16.7 Å². The summed E-state index contributed by atoms with van der Waals surface area (Å²) in [6.45, 7) is 5.54. The van der Waals surface area contributed by atoms with Crippen molar-refractivity contribution in [2.45, 2.75) is 51.5 Å². The number of aromatic carboxylic acids is 1. The van der Waals surface area contributed by atoms with Crippen molar-refractivity contribution in [3.8, 4) is 0 Å². The maximum Gasteiger partial charge on any atom is 0.341 e. The summed E-state index contributed by atoms with van der Waals surface area (Å²) in [5, 5.41) is 12.8. The second kappa shape index (κ2) is 8.55. The van der Waals surface area contributed by atoms with Crippen LogP contribution < -0.4 is 15.8 Å². The Labute approximate surface area is 181 Å². The van der Waals surface area contributed by atoms with Gasteiger partial charge < -0.3 is 15.3 Å². The molecule has 1 saturated carbocycles. The van der Waals surface area contributed by atoms with Crippen LogP contribution in [0.3, 0.4) is 0 Å². The van der Waals surface area contributed by atoms with Gasteiger partial charge in [0.25, 0.3) is 5.56 Å². The summed E-state index contributed by atoms with van der Waals surface area (Å²) in [6.07, 6.45) is 5.12. The van der Waals surface area contributed by atoms with Gasteiger partial charge in [0.1, 0.15) is 5.56 Å². The number of hydrogen-bond donors (Lipinski definition) is 2. The molecule has 0 unspecified atom stereocenters. The van der Waals surface area contributed by atoms with Gasteiger partial charge in [-0.2, -0.15) is 0 Å². The standard InChI is InChI=1S/C22H28FN3O3.ClH/c1-4-18(24-3)14-7-8-25(10-14)20-12(2)19-15(13-5-6-13)9-16(22(28)29)21(27)26(19)11-17(20)23;/h9,11,13-14,18,24H,4-8,10H2,1-3H3,(H,28,29);1H/t14-,18+;/m1./s1. The molecule has 1 aliphatic heterocycles. The van der Waals surface area contributed by atoms with Crippen LogP contribution in [0.25, 0.3) is 5.52 Å². The Hall–Kier alpha value is -2.12. The molecular weight excluding hydrogens is 409 g/mol. The normalized spacial score (nSPS) is 19.7. The maximum atomic E-state index is 15.2. The van der Waals surface area contributed by atoms with Crippen LogP contribution in [-0.2, 0) is 0 Å². The Morgan fingerprint density at radius 2 is 2.07 bits per heavy atom. The van der Waals surface area contributed by atoms with Gasteiger partial charge in [-0.1, -0.05) is 6.92 Å². The summed E-state index contributed by atoms with van der Waals surface area (Å²) < 4.78 is 16.4.